The third kappa shape index (κ3) is 3.46. The van der Waals surface area contributed by atoms with Crippen LogP contribution in [0.3, 0.4) is 0 Å². The van der Waals surface area contributed by atoms with Gasteiger partial charge >= 0.3 is 0 Å². The molecule has 0 spiro atoms. The van der Waals surface area contributed by atoms with Crippen molar-refractivity contribution in [1.82, 2.24) is 4.98 Å². The van der Waals surface area contributed by atoms with Gasteiger partial charge in [0.25, 0.3) is 0 Å². The summed E-state index contributed by atoms with van der Waals surface area (Å²) in [5, 5.41) is 18.5. The summed E-state index contributed by atoms with van der Waals surface area (Å²) in [5.41, 5.74) is 2.08. The highest BCUT2D eigenvalue weighted by Gasteiger charge is 2.08. The Hall–Kier alpha value is -1.58. The number of nitriles is 1. The Morgan fingerprint density at radius 1 is 1.26 bits per heavy atom. The summed E-state index contributed by atoms with van der Waals surface area (Å²) in [5.74, 6) is 0.0196. The molecule has 96 valence electrons. The van der Waals surface area contributed by atoms with Gasteiger partial charge in [-0.05, 0) is 24.3 Å². The summed E-state index contributed by atoms with van der Waals surface area (Å²) in [6, 6.07) is 12.8. The van der Waals surface area contributed by atoms with Gasteiger partial charge in [0.05, 0.1) is 11.3 Å². The van der Waals surface area contributed by atoms with Crippen molar-refractivity contribution < 1.29 is 10.1 Å². The predicted molar refractivity (Wildman–Crippen MR) is 73.8 cm³/mol. The lowest BCUT2D eigenvalue weighted by Gasteiger charge is -2.06. The first-order valence-corrected chi connectivity index (χ1v) is 6.67. The first kappa shape index (κ1) is 13.8. The Morgan fingerprint density at radius 3 is 2.63 bits per heavy atom. The summed E-state index contributed by atoms with van der Waals surface area (Å²) in [6.07, 6.45) is 0. The Kier molecular flexibility index (Phi) is 4.77. The smallest absolute Gasteiger partial charge is 0.133 e. The maximum atomic E-state index is 8.99. The average Bonchev–Trinajstić information content (AvgIpc) is 2.45. The van der Waals surface area contributed by atoms with Crippen molar-refractivity contribution in [3.63, 3.8) is 0 Å². The van der Waals surface area contributed by atoms with E-state index in [1.807, 2.05) is 12.1 Å². The molecule has 0 saturated carbocycles. The minimum atomic E-state index is 0.0196. The Labute approximate surface area is 119 Å². The number of aromatic nitrogens is 1. The number of benzene rings is 1. The van der Waals surface area contributed by atoms with Gasteiger partial charge in [-0.2, -0.15) is 5.26 Å². The first-order chi connectivity index (χ1) is 9.24. The number of nitrogens with zero attached hydrogens (tertiary/aromatic N) is 2. The number of halogens is 1. The molecule has 2 aromatic rings. The van der Waals surface area contributed by atoms with E-state index in [-0.39, 0.29) is 5.94 Å². The van der Waals surface area contributed by atoms with Gasteiger partial charge in [0.2, 0.25) is 0 Å². The zero-order chi connectivity index (χ0) is 13.7. The van der Waals surface area contributed by atoms with E-state index in [1.165, 1.54) is 0 Å². The Balaban J connectivity index is 2.37. The molecule has 0 saturated heterocycles. The molecule has 0 aliphatic heterocycles. The zero-order valence-corrected chi connectivity index (χ0v) is 11.3. The van der Waals surface area contributed by atoms with Crippen molar-refractivity contribution >= 4 is 23.4 Å². The minimum Gasteiger partial charge on any atom is -0.251 e. The van der Waals surface area contributed by atoms with E-state index in [9.17, 15) is 0 Å². The second-order valence-corrected chi connectivity index (χ2v) is 4.91. The lowest BCUT2D eigenvalue weighted by Crippen LogP contribution is -1.92. The summed E-state index contributed by atoms with van der Waals surface area (Å²) >= 11 is 6.99. The van der Waals surface area contributed by atoms with Crippen LogP contribution in [0.4, 0.5) is 0 Å². The van der Waals surface area contributed by atoms with E-state index < -0.39 is 0 Å². The van der Waals surface area contributed by atoms with Gasteiger partial charge in [-0.1, -0.05) is 35.5 Å². The van der Waals surface area contributed by atoms with Crippen LogP contribution in [-0.2, 0) is 4.89 Å². The second kappa shape index (κ2) is 6.55. The van der Waals surface area contributed by atoms with Crippen LogP contribution < -0.4 is 0 Å². The van der Waals surface area contributed by atoms with E-state index in [1.54, 1.807) is 24.3 Å². The van der Waals surface area contributed by atoms with Crippen LogP contribution in [0.15, 0.2) is 41.4 Å². The molecular formula is C13H9ClN2O2S. The number of thioether (sulfide) groups is 1. The number of hydrogen-bond donors (Lipinski definition) is 1. The largest absolute Gasteiger partial charge is 0.251 e. The van der Waals surface area contributed by atoms with Crippen LogP contribution in [0, 0.1) is 11.3 Å². The molecule has 4 nitrogen and oxygen atoms in total. The van der Waals surface area contributed by atoms with Crippen molar-refractivity contribution in [3.05, 3.63) is 47.0 Å². The molecule has 0 radical (unpaired) electrons. The third-order valence-corrected chi connectivity index (χ3v) is 3.43. The predicted octanol–water partition coefficient (Wildman–Crippen LogP) is 3.81. The van der Waals surface area contributed by atoms with Gasteiger partial charge in [0.15, 0.2) is 0 Å². The standard InChI is InChI=1S/C13H9ClN2O2S/c14-11-4-1-9(2-5-11)12-6-3-10(7-15)13(16-12)19-8-18-17/h1-6,17H,8H2. The zero-order valence-electron chi connectivity index (χ0n) is 9.71. The monoisotopic (exact) mass is 292 g/mol. The summed E-state index contributed by atoms with van der Waals surface area (Å²) in [4.78, 5) is 8.39. The molecule has 2 rings (SSSR count). The maximum Gasteiger partial charge on any atom is 0.133 e. The number of hydrogen-bond acceptors (Lipinski definition) is 5. The van der Waals surface area contributed by atoms with E-state index in [0.717, 1.165) is 23.0 Å². The highest BCUT2D eigenvalue weighted by molar-refractivity contribution is 7.99. The number of pyridine rings is 1. The molecule has 1 N–H and O–H groups in total. The highest BCUT2D eigenvalue weighted by Crippen LogP contribution is 2.25. The van der Waals surface area contributed by atoms with Gasteiger partial charge in [-0.15, -0.1) is 0 Å². The van der Waals surface area contributed by atoms with Gasteiger partial charge in [-0.25, -0.2) is 9.87 Å². The van der Waals surface area contributed by atoms with Crippen molar-refractivity contribution in [3.8, 4) is 17.3 Å². The average molecular weight is 293 g/mol. The summed E-state index contributed by atoms with van der Waals surface area (Å²) in [6.45, 7) is 0. The third-order valence-electron chi connectivity index (χ3n) is 2.37. The van der Waals surface area contributed by atoms with Gasteiger partial charge in [-0.3, -0.25) is 5.26 Å². The van der Waals surface area contributed by atoms with Crippen molar-refractivity contribution in [1.29, 1.82) is 5.26 Å². The van der Waals surface area contributed by atoms with Crippen molar-refractivity contribution in [2.75, 3.05) is 5.94 Å². The fourth-order valence-corrected chi connectivity index (χ4v) is 2.22. The van der Waals surface area contributed by atoms with Crippen LogP contribution in [0.1, 0.15) is 5.56 Å². The number of rotatable bonds is 4. The molecular weight excluding hydrogens is 284 g/mol. The second-order valence-electron chi connectivity index (χ2n) is 3.56. The van der Waals surface area contributed by atoms with E-state index >= 15 is 0 Å². The molecule has 0 fully saturated rings. The molecule has 1 heterocycles. The molecule has 0 atom stereocenters. The van der Waals surface area contributed by atoms with Crippen LogP contribution >= 0.6 is 23.4 Å². The fraction of sp³-hybridized carbons (Fsp3) is 0.0769. The minimum absolute atomic E-state index is 0.0196. The maximum absolute atomic E-state index is 8.99. The van der Waals surface area contributed by atoms with Crippen LogP contribution in [-0.4, -0.2) is 16.2 Å². The molecule has 1 aromatic carbocycles. The Bertz CT molecular complexity index is 611. The highest BCUT2D eigenvalue weighted by atomic mass is 35.5. The fourth-order valence-electron chi connectivity index (χ4n) is 1.50. The van der Waals surface area contributed by atoms with Crippen LogP contribution in [0.5, 0.6) is 0 Å². The summed E-state index contributed by atoms with van der Waals surface area (Å²) in [7, 11) is 0. The van der Waals surface area contributed by atoms with Gasteiger partial charge < -0.3 is 0 Å². The topological polar surface area (TPSA) is 66.1 Å². The summed E-state index contributed by atoms with van der Waals surface area (Å²) < 4.78 is 0. The van der Waals surface area contributed by atoms with E-state index in [2.05, 4.69) is 15.9 Å². The Morgan fingerprint density at radius 2 is 2.00 bits per heavy atom. The molecule has 0 aliphatic rings. The van der Waals surface area contributed by atoms with Crippen LogP contribution in [0.2, 0.25) is 5.02 Å². The van der Waals surface area contributed by atoms with Crippen molar-refractivity contribution in [2.24, 2.45) is 0 Å². The molecule has 6 heteroatoms. The molecule has 0 bridgehead atoms. The van der Waals surface area contributed by atoms with Crippen molar-refractivity contribution in [2.45, 2.75) is 5.03 Å². The van der Waals surface area contributed by atoms with Gasteiger partial charge in [0.1, 0.15) is 17.0 Å². The van der Waals surface area contributed by atoms with E-state index in [0.29, 0.717) is 15.6 Å². The van der Waals surface area contributed by atoms with Crippen LogP contribution in [0.25, 0.3) is 11.3 Å². The molecule has 0 aliphatic carbocycles. The lowest BCUT2D eigenvalue weighted by molar-refractivity contribution is -0.222. The molecule has 19 heavy (non-hydrogen) atoms. The molecule has 0 amide bonds. The van der Waals surface area contributed by atoms with Gasteiger partial charge in [0, 0.05) is 10.6 Å². The van der Waals surface area contributed by atoms with E-state index in [4.69, 9.17) is 22.1 Å². The SMILES string of the molecule is N#Cc1ccc(-c2ccc(Cl)cc2)nc1SCOO. The molecule has 1 aromatic heterocycles. The quantitative estimate of drug-likeness (QED) is 0.402. The normalized spacial score (nSPS) is 10.2. The first-order valence-electron chi connectivity index (χ1n) is 5.31. The lowest BCUT2D eigenvalue weighted by atomic mass is 10.1. The molecule has 0 unspecified atom stereocenters.